The summed E-state index contributed by atoms with van der Waals surface area (Å²) in [6.07, 6.45) is 1.13. The highest BCUT2D eigenvalue weighted by atomic mass is 32.1. The van der Waals surface area contributed by atoms with Crippen LogP contribution in [0.4, 0.5) is 0 Å². The van der Waals surface area contributed by atoms with Crippen molar-refractivity contribution in [3.05, 3.63) is 40.9 Å². The van der Waals surface area contributed by atoms with Crippen molar-refractivity contribution in [3.8, 4) is 10.6 Å². The van der Waals surface area contributed by atoms with Gasteiger partial charge in [-0.3, -0.25) is 19.3 Å². The summed E-state index contributed by atoms with van der Waals surface area (Å²) < 4.78 is 0. The number of hydrogen-bond donors (Lipinski definition) is 1. The summed E-state index contributed by atoms with van der Waals surface area (Å²) in [5.74, 6) is -0.493. The van der Waals surface area contributed by atoms with Gasteiger partial charge in [0.25, 0.3) is 5.91 Å². The van der Waals surface area contributed by atoms with Crippen LogP contribution >= 0.6 is 11.3 Å². The molecule has 6 nitrogen and oxygen atoms in total. The van der Waals surface area contributed by atoms with Gasteiger partial charge in [-0.2, -0.15) is 0 Å². The number of amides is 3. The molecule has 0 saturated carbocycles. The average molecular weight is 357 g/mol. The number of carbonyl (C=O) groups is 3. The van der Waals surface area contributed by atoms with Gasteiger partial charge in [0.2, 0.25) is 11.8 Å². The molecule has 1 N–H and O–H groups in total. The van der Waals surface area contributed by atoms with Crippen LogP contribution in [0.2, 0.25) is 0 Å². The highest BCUT2D eigenvalue weighted by molar-refractivity contribution is 7.13. The lowest BCUT2D eigenvalue weighted by molar-refractivity contribution is -0.138. The molecule has 2 heterocycles. The lowest BCUT2D eigenvalue weighted by Crippen LogP contribution is -2.33. The van der Waals surface area contributed by atoms with Gasteiger partial charge in [0.15, 0.2) is 0 Å². The van der Waals surface area contributed by atoms with E-state index in [4.69, 9.17) is 0 Å². The van der Waals surface area contributed by atoms with Gasteiger partial charge in [0.1, 0.15) is 10.7 Å². The fourth-order valence-corrected chi connectivity index (χ4v) is 3.61. The number of carbonyl (C=O) groups excluding carboxylic acids is 3. The van der Waals surface area contributed by atoms with E-state index in [0.717, 1.165) is 16.1 Å². The smallest absolute Gasteiger partial charge is 0.270 e. The molecule has 3 rings (SSSR count). The molecule has 0 unspecified atom stereocenters. The predicted octanol–water partition coefficient (Wildman–Crippen LogP) is 2.39. The quantitative estimate of drug-likeness (QED) is 0.636. The van der Waals surface area contributed by atoms with Crippen LogP contribution in [0.15, 0.2) is 29.6 Å². The van der Waals surface area contributed by atoms with Crippen molar-refractivity contribution < 1.29 is 14.4 Å². The number of hydrogen-bond acceptors (Lipinski definition) is 5. The topological polar surface area (TPSA) is 79.4 Å². The van der Waals surface area contributed by atoms with Gasteiger partial charge < -0.3 is 5.32 Å². The first kappa shape index (κ1) is 17.3. The normalized spacial score (nSPS) is 14.2. The minimum atomic E-state index is -0.241. The molecule has 0 aliphatic carbocycles. The highest BCUT2D eigenvalue weighted by Gasteiger charge is 2.27. The lowest BCUT2D eigenvalue weighted by Gasteiger charge is -2.13. The largest absolute Gasteiger partial charge is 0.351 e. The van der Waals surface area contributed by atoms with Crippen LogP contribution in [0.1, 0.15) is 35.3 Å². The molecule has 0 atom stereocenters. The summed E-state index contributed by atoms with van der Waals surface area (Å²) in [5.41, 5.74) is 2.53. The molecule has 130 valence electrons. The first-order chi connectivity index (χ1) is 12.1. The van der Waals surface area contributed by atoms with Crippen LogP contribution in [0.25, 0.3) is 10.6 Å². The van der Waals surface area contributed by atoms with Crippen LogP contribution in [0.5, 0.6) is 0 Å². The van der Waals surface area contributed by atoms with E-state index in [1.807, 2.05) is 31.2 Å². The summed E-state index contributed by atoms with van der Waals surface area (Å²) in [6.45, 7) is 2.76. The number of benzene rings is 1. The number of thiazole rings is 1. The zero-order valence-corrected chi connectivity index (χ0v) is 14.8. The Balaban J connectivity index is 1.52. The minimum Gasteiger partial charge on any atom is -0.351 e. The van der Waals surface area contributed by atoms with Gasteiger partial charge in [0, 0.05) is 36.9 Å². The molecule has 1 aliphatic heterocycles. The monoisotopic (exact) mass is 357 g/mol. The van der Waals surface area contributed by atoms with Crippen LogP contribution in [-0.2, 0) is 9.59 Å². The van der Waals surface area contributed by atoms with Crippen molar-refractivity contribution in [3.63, 3.8) is 0 Å². The summed E-state index contributed by atoms with van der Waals surface area (Å²) in [7, 11) is 0. The van der Waals surface area contributed by atoms with E-state index in [9.17, 15) is 14.4 Å². The van der Waals surface area contributed by atoms with Gasteiger partial charge in [-0.05, 0) is 18.9 Å². The van der Waals surface area contributed by atoms with Gasteiger partial charge >= 0.3 is 0 Å². The Bertz CT molecular complexity index is 799. The second kappa shape index (κ2) is 7.57. The van der Waals surface area contributed by atoms with Gasteiger partial charge in [-0.1, -0.05) is 24.3 Å². The Morgan fingerprint density at radius 3 is 2.68 bits per heavy atom. The van der Waals surface area contributed by atoms with E-state index in [-0.39, 0.29) is 17.7 Å². The van der Waals surface area contributed by atoms with Crippen molar-refractivity contribution in [1.82, 2.24) is 15.2 Å². The Hall–Kier alpha value is -2.54. The number of aryl methyl sites for hydroxylation is 1. The second-order valence-corrected chi connectivity index (χ2v) is 6.76. The zero-order valence-electron chi connectivity index (χ0n) is 13.9. The van der Waals surface area contributed by atoms with E-state index in [1.54, 1.807) is 5.38 Å². The maximum Gasteiger partial charge on any atom is 0.270 e. The molecule has 1 aliphatic rings. The zero-order chi connectivity index (χ0) is 17.8. The molecule has 1 fully saturated rings. The molecule has 1 aromatic carbocycles. The molecular formula is C18H19N3O3S. The van der Waals surface area contributed by atoms with Crippen molar-refractivity contribution in [2.24, 2.45) is 0 Å². The van der Waals surface area contributed by atoms with Gasteiger partial charge in [0.05, 0.1) is 0 Å². The highest BCUT2D eigenvalue weighted by Crippen LogP contribution is 2.26. The Morgan fingerprint density at radius 1 is 1.24 bits per heavy atom. The summed E-state index contributed by atoms with van der Waals surface area (Å²) in [6, 6.07) is 7.91. The summed E-state index contributed by atoms with van der Waals surface area (Å²) in [5, 5.41) is 5.34. The second-order valence-electron chi connectivity index (χ2n) is 5.90. The predicted molar refractivity (Wildman–Crippen MR) is 95.2 cm³/mol. The molecular weight excluding hydrogens is 338 g/mol. The molecule has 7 heteroatoms. The molecule has 0 spiro atoms. The number of likely N-dealkylation sites (tertiary alicyclic amines) is 1. The molecule has 25 heavy (non-hydrogen) atoms. The Morgan fingerprint density at radius 2 is 1.96 bits per heavy atom. The SMILES string of the molecule is Cc1ccccc1-c1nc(C(=O)NCCCN2C(=O)CCC2=O)cs1. The van der Waals surface area contributed by atoms with E-state index < -0.39 is 0 Å². The molecule has 3 amide bonds. The first-order valence-electron chi connectivity index (χ1n) is 8.19. The van der Waals surface area contributed by atoms with E-state index >= 15 is 0 Å². The number of aromatic nitrogens is 1. The van der Waals surface area contributed by atoms with E-state index in [0.29, 0.717) is 38.0 Å². The molecule has 1 aromatic heterocycles. The number of imide groups is 1. The fourth-order valence-electron chi connectivity index (χ4n) is 2.72. The molecule has 0 radical (unpaired) electrons. The van der Waals surface area contributed by atoms with E-state index in [2.05, 4.69) is 10.3 Å². The van der Waals surface area contributed by atoms with Gasteiger partial charge in [-0.15, -0.1) is 11.3 Å². The molecule has 1 saturated heterocycles. The van der Waals surface area contributed by atoms with Crippen LogP contribution in [-0.4, -0.2) is 40.7 Å². The van der Waals surface area contributed by atoms with Crippen LogP contribution in [0, 0.1) is 6.92 Å². The fraction of sp³-hybridized carbons (Fsp3) is 0.333. The van der Waals surface area contributed by atoms with Crippen molar-refractivity contribution in [2.75, 3.05) is 13.1 Å². The lowest BCUT2D eigenvalue weighted by atomic mass is 10.1. The third-order valence-electron chi connectivity index (χ3n) is 4.11. The van der Waals surface area contributed by atoms with Crippen LogP contribution in [0.3, 0.4) is 0 Å². The average Bonchev–Trinajstić information content (AvgIpc) is 3.20. The summed E-state index contributed by atoms with van der Waals surface area (Å²) >= 11 is 1.44. The van der Waals surface area contributed by atoms with Crippen molar-refractivity contribution in [2.45, 2.75) is 26.2 Å². The summed E-state index contributed by atoms with van der Waals surface area (Å²) in [4.78, 5) is 40.9. The number of rotatable bonds is 6. The maximum atomic E-state index is 12.2. The van der Waals surface area contributed by atoms with Crippen LogP contribution < -0.4 is 5.32 Å². The minimum absolute atomic E-state index is 0.126. The third kappa shape index (κ3) is 3.93. The Labute approximate surface area is 149 Å². The number of nitrogens with zero attached hydrogens (tertiary/aromatic N) is 2. The standard InChI is InChI=1S/C18H19N3O3S/c1-12-5-2-3-6-13(12)18-20-14(11-25-18)17(24)19-9-4-10-21-15(22)7-8-16(21)23/h2-3,5-6,11H,4,7-10H2,1H3,(H,19,24). The number of nitrogens with one attached hydrogen (secondary N) is 1. The van der Waals surface area contributed by atoms with Gasteiger partial charge in [-0.25, -0.2) is 4.98 Å². The first-order valence-corrected chi connectivity index (χ1v) is 9.07. The third-order valence-corrected chi connectivity index (χ3v) is 4.99. The van der Waals surface area contributed by atoms with E-state index in [1.165, 1.54) is 16.2 Å². The molecule has 2 aromatic rings. The maximum absolute atomic E-state index is 12.2. The van der Waals surface area contributed by atoms with Crippen molar-refractivity contribution >= 4 is 29.1 Å². The van der Waals surface area contributed by atoms with Crippen molar-refractivity contribution in [1.29, 1.82) is 0 Å². The Kier molecular flexibility index (Phi) is 5.23. The molecule has 0 bridgehead atoms.